The van der Waals surface area contributed by atoms with Crippen LogP contribution in [0.3, 0.4) is 0 Å². The molecule has 2 saturated heterocycles. The lowest BCUT2D eigenvalue weighted by atomic mass is 9.96. The summed E-state index contributed by atoms with van der Waals surface area (Å²) in [4.78, 5) is 272. The van der Waals surface area contributed by atoms with Gasteiger partial charge in [0.1, 0.15) is 103 Å². The number of carbonyl (C=O) groups is 20. The second kappa shape index (κ2) is 50.6. The maximum Gasteiger partial charge on any atom is 0.305 e. The van der Waals surface area contributed by atoms with Crippen molar-refractivity contribution in [2.45, 2.75) is 331 Å². The number of hydrogen-bond acceptors (Lipinski definition) is 21. The molecule has 0 aromatic heterocycles. The molecule has 2 heterocycles. The number of aldehydes is 1. The van der Waals surface area contributed by atoms with Crippen molar-refractivity contribution in [3.63, 3.8) is 0 Å². The van der Waals surface area contributed by atoms with E-state index in [1.807, 2.05) is 27.7 Å². The molecule has 0 spiro atoms. The van der Waals surface area contributed by atoms with Crippen LogP contribution in [0.1, 0.15) is 222 Å². The highest BCUT2D eigenvalue weighted by atomic mass is 16.4. The van der Waals surface area contributed by atoms with Crippen LogP contribution in [0, 0.1) is 41.4 Å². The Labute approximate surface area is 702 Å². The second-order valence-corrected chi connectivity index (χ2v) is 33.9. The van der Waals surface area contributed by atoms with E-state index >= 15 is 0 Å². The number of likely N-dealkylation sites (tertiary alicyclic amines) is 2. The maximum absolute atomic E-state index is 14.7. The molecule has 2 aliphatic rings. The van der Waals surface area contributed by atoms with Gasteiger partial charge in [-0.2, -0.15) is 0 Å². The van der Waals surface area contributed by atoms with Crippen LogP contribution in [0.25, 0.3) is 0 Å². The lowest BCUT2D eigenvalue weighted by molar-refractivity contribution is -0.143. The molecular formula is C80H135N17O23. The number of amides is 17. The first-order valence-corrected chi connectivity index (χ1v) is 41.5. The monoisotopic (exact) mass is 1700 g/mol. The number of hydrogen-bond donors (Lipinski definition) is 18. The summed E-state index contributed by atoms with van der Waals surface area (Å²) in [5, 5.41) is 67.5. The molecule has 17 amide bonds. The summed E-state index contributed by atoms with van der Waals surface area (Å²) < 4.78 is 0. The molecule has 678 valence electrons. The van der Waals surface area contributed by atoms with Crippen LogP contribution >= 0.6 is 0 Å². The van der Waals surface area contributed by atoms with Gasteiger partial charge in [0.05, 0.1) is 18.6 Å². The Morgan fingerprint density at radius 2 is 0.692 bits per heavy atom. The minimum Gasteiger partial charge on any atom is -0.481 e. The molecule has 18 N–H and O–H groups in total. The number of carbonyl (C=O) groups excluding carboxylic acids is 18. The fourth-order valence-electron chi connectivity index (χ4n) is 13.5. The fourth-order valence-corrected chi connectivity index (χ4v) is 13.5. The van der Waals surface area contributed by atoms with Crippen molar-refractivity contribution in [1.82, 2.24) is 89.6 Å². The van der Waals surface area contributed by atoms with E-state index in [1.165, 1.54) is 51.3 Å². The Bertz CT molecular complexity index is 3610. The van der Waals surface area contributed by atoms with Crippen LogP contribution < -0.4 is 79.8 Å². The second-order valence-electron chi connectivity index (χ2n) is 33.9. The number of carboxylic acids is 2. The van der Waals surface area contributed by atoms with Crippen LogP contribution in [-0.2, 0) is 95.9 Å². The van der Waals surface area contributed by atoms with Gasteiger partial charge in [-0.15, -0.1) is 0 Å². The van der Waals surface area contributed by atoms with Gasteiger partial charge < -0.3 is 110 Å². The molecule has 0 aromatic carbocycles. The maximum atomic E-state index is 14.7. The minimum atomic E-state index is -1.83. The average Bonchev–Trinajstić information content (AvgIpc) is 1.64. The molecule has 0 saturated carbocycles. The Hall–Kier alpha value is -10.4. The summed E-state index contributed by atoms with van der Waals surface area (Å²) in [6.07, 6.45) is -2.15. The van der Waals surface area contributed by atoms with E-state index in [4.69, 9.17) is 5.11 Å². The first-order chi connectivity index (χ1) is 55.8. The van der Waals surface area contributed by atoms with Gasteiger partial charge in [-0.3, -0.25) is 91.1 Å². The number of aliphatic hydroxyl groups excluding tert-OH is 1. The summed E-state index contributed by atoms with van der Waals surface area (Å²) in [7, 11) is 0. The Kier molecular flexibility index (Phi) is 44.5. The van der Waals surface area contributed by atoms with Crippen molar-refractivity contribution in [3.8, 4) is 0 Å². The minimum absolute atomic E-state index is 0.0302. The van der Waals surface area contributed by atoms with E-state index in [-0.39, 0.29) is 88.0 Å². The molecular weight excluding hydrogens is 1570 g/mol. The number of aliphatic hydroxyl groups is 1. The van der Waals surface area contributed by atoms with Crippen molar-refractivity contribution in [1.29, 1.82) is 0 Å². The van der Waals surface area contributed by atoms with E-state index in [0.717, 1.165) is 6.92 Å². The smallest absolute Gasteiger partial charge is 0.305 e. The van der Waals surface area contributed by atoms with Gasteiger partial charge in [-0.05, 0) is 141 Å². The average molecular weight is 1700 g/mol. The molecule has 2 rings (SSSR count). The number of nitrogens with zero attached hydrogens (tertiary/aromatic N) is 2. The van der Waals surface area contributed by atoms with Crippen molar-refractivity contribution in [2.24, 2.45) is 41.4 Å². The molecule has 19 atom stereocenters. The molecule has 120 heavy (non-hydrogen) atoms. The third-order valence-corrected chi connectivity index (χ3v) is 20.3. The lowest BCUT2D eigenvalue weighted by Gasteiger charge is -2.32. The molecule has 0 aliphatic carbocycles. The quantitative estimate of drug-likeness (QED) is 0.0288. The van der Waals surface area contributed by atoms with Gasteiger partial charge in [0, 0.05) is 26.4 Å². The zero-order valence-electron chi connectivity index (χ0n) is 73.3. The van der Waals surface area contributed by atoms with Crippen LogP contribution in [0.4, 0.5) is 0 Å². The zero-order chi connectivity index (χ0) is 91.8. The predicted molar refractivity (Wildman–Crippen MR) is 436 cm³/mol. The molecule has 0 radical (unpaired) electrons. The predicted octanol–water partition coefficient (Wildman–Crippen LogP) is -2.18. The molecule has 40 nitrogen and oxygen atoms in total. The fraction of sp³-hybridized carbons (Fsp3) is 0.750. The van der Waals surface area contributed by atoms with Crippen LogP contribution in [0.15, 0.2) is 0 Å². The largest absolute Gasteiger partial charge is 0.481 e. The Morgan fingerprint density at radius 1 is 0.358 bits per heavy atom. The van der Waals surface area contributed by atoms with Gasteiger partial charge in [0.25, 0.3) is 0 Å². The summed E-state index contributed by atoms with van der Waals surface area (Å²) in [6.45, 7) is 33.6. The number of nitrogens with one attached hydrogen (secondary N) is 15. The standard InChI is InChI=1S/C80H135N17O23/c1-22-43(14)63(77(117)87-52(27-28-59(101)102)69(109)95-64(49(20)99)78(118)86-51(36-98)35-60(103)104)94-74(114)58-26-23-29-96(58)79(119)48(19)85-70(110)53(31-37(2)3)89-71(111)55(33-39(6)7)90-76(116)62(42(12)13)93-68(108)47(18)83-73(113)57-25-24-30-97(57)80(120)56(34-40(8)9)91-72(112)54(32-38(4)5)88-66(106)45(16)84-75(115)61(41(10)11)92-67(107)46(17)82-65(105)44(15)81-50(21)100/h36-49,51-58,61-64,99H,22-35H2,1-21H3,(H,81,100)(H,82,105)(H,83,113)(H,84,115)(H,85,110)(H,86,118)(H,87,117)(H,88,106)(H,89,111)(H,90,116)(H,91,112)(H,92,107)(H,93,108)(H,94,114)(H,95,109)(H,101,102)(H,103,104)/t43-,44-,45-,46-,47-,48-,49+,51-,52-,53-,54-,55-,56-,57-,58-,61-,62-,63-,64-/m0/s1. The normalized spacial score (nSPS) is 18.2. The highest BCUT2D eigenvalue weighted by Gasteiger charge is 2.44. The van der Waals surface area contributed by atoms with Crippen LogP contribution in [0.2, 0.25) is 0 Å². The molecule has 2 fully saturated rings. The summed E-state index contributed by atoms with van der Waals surface area (Å²) >= 11 is 0. The highest BCUT2D eigenvalue weighted by Crippen LogP contribution is 2.24. The topological polar surface area (TPSA) is 589 Å². The number of aliphatic carboxylic acids is 2. The molecule has 0 unspecified atom stereocenters. The zero-order valence-corrected chi connectivity index (χ0v) is 73.3. The van der Waals surface area contributed by atoms with Crippen LogP contribution in [-0.4, -0.2) is 266 Å². The van der Waals surface area contributed by atoms with Gasteiger partial charge in [0.15, 0.2) is 0 Å². The molecule has 40 heteroatoms. The highest BCUT2D eigenvalue weighted by molar-refractivity contribution is 6.01. The number of rotatable bonds is 50. The Morgan fingerprint density at radius 3 is 1.12 bits per heavy atom. The van der Waals surface area contributed by atoms with Crippen molar-refractivity contribution >= 4 is 119 Å². The van der Waals surface area contributed by atoms with Gasteiger partial charge in [-0.25, -0.2) is 0 Å². The number of carboxylic acid groups (broad SMARTS) is 2. The SMILES string of the molecule is CC[C@H](C)[C@H](NC(=O)[C@@H]1CCCN1C(=O)[C@H](C)NC(=O)[C@H](CC(C)C)NC(=O)[C@H](CC(C)C)NC(=O)[C@@H](NC(=O)[C@H](C)NC(=O)[C@@H]1CCCN1C(=O)[C@H](CC(C)C)NC(=O)[C@H](CC(C)C)NC(=O)[C@H](C)NC(=O)[C@@H](NC(=O)[C@H](C)NC(=O)[C@H](C)NC(C)=O)C(C)C)C(C)C)C(=O)N[C@@H](CCC(=O)O)C(=O)N[C@H](C(=O)N[C@H](C=O)CC(=O)O)[C@@H](C)O. The third kappa shape index (κ3) is 35.1. The summed E-state index contributed by atoms with van der Waals surface area (Å²) in [5.41, 5.74) is 0. The summed E-state index contributed by atoms with van der Waals surface area (Å²) in [5.74, 6) is -18.9. The van der Waals surface area contributed by atoms with E-state index in [0.29, 0.717) is 12.8 Å². The Balaban J connectivity index is 2.28. The van der Waals surface area contributed by atoms with E-state index in [2.05, 4.69) is 79.8 Å². The van der Waals surface area contributed by atoms with E-state index in [1.54, 1.807) is 69.2 Å². The molecule has 0 aromatic rings. The first-order valence-electron chi connectivity index (χ1n) is 41.5. The lowest BCUT2D eigenvalue weighted by Crippen LogP contribution is -2.61. The molecule has 2 aliphatic heterocycles. The third-order valence-electron chi connectivity index (χ3n) is 20.3. The van der Waals surface area contributed by atoms with Crippen molar-refractivity contribution < 1.29 is 111 Å². The van der Waals surface area contributed by atoms with Gasteiger partial charge in [-0.1, -0.05) is 103 Å². The van der Waals surface area contributed by atoms with Crippen molar-refractivity contribution in [3.05, 3.63) is 0 Å². The van der Waals surface area contributed by atoms with Gasteiger partial charge in [0.2, 0.25) is 100 Å². The molecule has 0 bridgehead atoms. The first kappa shape index (κ1) is 106. The van der Waals surface area contributed by atoms with Crippen molar-refractivity contribution in [2.75, 3.05) is 13.1 Å². The van der Waals surface area contributed by atoms with Gasteiger partial charge >= 0.3 is 11.9 Å². The van der Waals surface area contributed by atoms with Crippen LogP contribution in [0.5, 0.6) is 0 Å². The van der Waals surface area contributed by atoms with E-state index < -0.39 is 258 Å². The van der Waals surface area contributed by atoms with E-state index in [9.17, 15) is 106 Å². The summed E-state index contributed by atoms with van der Waals surface area (Å²) in [6, 6.07) is -22.3.